The van der Waals surface area contributed by atoms with E-state index in [-0.39, 0.29) is 0 Å². The lowest BCUT2D eigenvalue weighted by atomic mass is 9.91. The number of aliphatic hydroxyl groups is 1. The standard InChI is InChI=1S/C11H21NOS/c13-9-4-8-12(7-1-2-10-14)11-5-3-6-11/h1-2,11,13-14H,3-10H2/b2-1+. The van der Waals surface area contributed by atoms with Crippen molar-refractivity contribution in [1.82, 2.24) is 4.90 Å². The molecule has 82 valence electrons. The van der Waals surface area contributed by atoms with Crippen LogP contribution in [0.1, 0.15) is 25.7 Å². The van der Waals surface area contributed by atoms with Crippen LogP contribution in [0.4, 0.5) is 0 Å². The summed E-state index contributed by atoms with van der Waals surface area (Å²) in [5.74, 6) is 0.818. The van der Waals surface area contributed by atoms with Gasteiger partial charge in [0.1, 0.15) is 0 Å². The second kappa shape index (κ2) is 7.32. The van der Waals surface area contributed by atoms with E-state index in [4.69, 9.17) is 5.11 Å². The van der Waals surface area contributed by atoms with Gasteiger partial charge in [0.2, 0.25) is 0 Å². The zero-order chi connectivity index (χ0) is 10.2. The normalized spacial score (nSPS) is 17.9. The summed E-state index contributed by atoms with van der Waals surface area (Å²) in [6.45, 7) is 2.35. The van der Waals surface area contributed by atoms with Crippen LogP contribution in [-0.4, -0.2) is 41.5 Å². The molecule has 14 heavy (non-hydrogen) atoms. The summed E-state index contributed by atoms with van der Waals surface area (Å²) in [7, 11) is 0. The summed E-state index contributed by atoms with van der Waals surface area (Å²) in [6.07, 6.45) is 9.21. The summed E-state index contributed by atoms with van der Waals surface area (Å²) in [5, 5.41) is 8.80. The van der Waals surface area contributed by atoms with Crippen molar-refractivity contribution in [2.24, 2.45) is 0 Å². The van der Waals surface area contributed by atoms with Crippen molar-refractivity contribution < 1.29 is 5.11 Å². The Balaban J connectivity index is 2.24. The van der Waals surface area contributed by atoms with Crippen molar-refractivity contribution in [3.05, 3.63) is 12.2 Å². The summed E-state index contributed by atoms with van der Waals surface area (Å²) >= 11 is 4.14. The molecular weight excluding hydrogens is 194 g/mol. The predicted octanol–water partition coefficient (Wildman–Crippen LogP) is 1.71. The van der Waals surface area contributed by atoms with E-state index in [1.807, 2.05) is 0 Å². The van der Waals surface area contributed by atoms with Gasteiger partial charge in [-0.3, -0.25) is 4.90 Å². The van der Waals surface area contributed by atoms with Crippen molar-refractivity contribution in [3.63, 3.8) is 0 Å². The molecule has 0 bridgehead atoms. The molecule has 1 N–H and O–H groups in total. The lowest BCUT2D eigenvalue weighted by molar-refractivity contribution is 0.130. The van der Waals surface area contributed by atoms with Crippen LogP contribution >= 0.6 is 12.6 Å². The van der Waals surface area contributed by atoms with Gasteiger partial charge in [0.15, 0.2) is 0 Å². The molecule has 1 rings (SSSR count). The highest BCUT2D eigenvalue weighted by atomic mass is 32.1. The van der Waals surface area contributed by atoms with E-state index < -0.39 is 0 Å². The van der Waals surface area contributed by atoms with E-state index in [9.17, 15) is 0 Å². The minimum atomic E-state index is 0.305. The molecule has 1 saturated carbocycles. The molecule has 1 fully saturated rings. The molecule has 1 aliphatic carbocycles. The van der Waals surface area contributed by atoms with Crippen LogP contribution in [0.5, 0.6) is 0 Å². The fourth-order valence-electron chi connectivity index (χ4n) is 1.73. The average Bonchev–Trinajstić information content (AvgIpc) is 2.11. The third-order valence-corrected chi connectivity index (χ3v) is 3.02. The summed E-state index contributed by atoms with van der Waals surface area (Å²) in [5.41, 5.74) is 0. The van der Waals surface area contributed by atoms with Gasteiger partial charge in [0.05, 0.1) is 0 Å². The number of hydrogen-bond acceptors (Lipinski definition) is 3. The topological polar surface area (TPSA) is 23.5 Å². The maximum atomic E-state index is 8.80. The Morgan fingerprint density at radius 1 is 1.36 bits per heavy atom. The van der Waals surface area contributed by atoms with Gasteiger partial charge in [0.25, 0.3) is 0 Å². The monoisotopic (exact) mass is 215 g/mol. The van der Waals surface area contributed by atoms with E-state index >= 15 is 0 Å². The first-order valence-corrected chi connectivity index (χ1v) is 6.12. The van der Waals surface area contributed by atoms with Gasteiger partial charge in [-0.15, -0.1) is 0 Å². The van der Waals surface area contributed by atoms with Gasteiger partial charge in [-0.25, -0.2) is 0 Å². The molecule has 0 aliphatic heterocycles. The lowest BCUT2D eigenvalue weighted by Gasteiger charge is -2.36. The van der Waals surface area contributed by atoms with Gasteiger partial charge in [0, 0.05) is 31.5 Å². The number of hydrogen-bond donors (Lipinski definition) is 2. The molecule has 0 aromatic heterocycles. The molecule has 0 spiro atoms. The molecular formula is C11H21NOS. The molecule has 0 heterocycles. The third-order valence-electron chi connectivity index (χ3n) is 2.81. The SMILES string of the molecule is OCCCN(C/C=C/CS)C1CCC1. The van der Waals surface area contributed by atoms with Crippen molar-refractivity contribution in [3.8, 4) is 0 Å². The van der Waals surface area contributed by atoms with Crippen LogP contribution in [0.3, 0.4) is 0 Å². The number of nitrogens with zero attached hydrogens (tertiary/aromatic N) is 1. The molecule has 0 aromatic rings. The van der Waals surface area contributed by atoms with E-state index in [1.54, 1.807) is 0 Å². The smallest absolute Gasteiger partial charge is 0.0443 e. The van der Waals surface area contributed by atoms with Gasteiger partial charge in [-0.05, 0) is 19.3 Å². The first kappa shape index (κ1) is 12.1. The largest absolute Gasteiger partial charge is 0.396 e. The summed E-state index contributed by atoms with van der Waals surface area (Å²) in [4.78, 5) is 2.47. The van der Waals surface area contributed by atoms with Crippen molar-refractivity contribution in [2.45, 2.75) is 31.7 Å². The number of thiol groups is 1. The zero-order valence-corrected chi connectivity index (χ0v) is 9.62. The molecule has 2 nitrogen and oxygen atoms in total. The van der Waals surface area contributed by atoms with Crippen LogP contribution in [-0.2, 0) is 0 Å². The van der Waals surface area contributed by atoms with Crippen molar-refractivity contribution in [2.75, 3.05) is 25.4 Å². The van der Waals surface area contributed by atoms with Crippen LogP contribution in [0.15, 0.2) is 12.2 Å². The molecule has 1 aliphatic rings. The fraction of sp³-hybridized carbons (Fsp3) is 0.818. The maximum absolute atomic E-state index is 8.80. The second-order valence-corrected chi connectivity index (χ2v) is 4.18. The minimum absolute atomic E-state index is 0.305. The third kappa shape index (κ3) is 4.03. The molecule has 0 atom stereocenters. The summed E-state index contributed by atoms with van der Waals surface area (Å²) in [6, 6.07) is 0.770. The van der Waals surface area contributed by atoms with Gasteiger partial charge < -0.3 is 5.11 Å². The van der Waals surface area contributed by atoms with Gasteiger partial charge in [-0.1, -0.05) is 18.6 Å². The number of rotatable bonds is 7. The lowest BCUT2D eigenvalue weighted by Crippen LogP contribution is -2.41. The fourth-order valence-corrected chi connectivity index (χ4v) is 1.88. The Morgan fingerprint density at radius 3 is 2.64 bits per heavy atom. The van der Waals surface area contributed by atoms with E-state index in [0.29, 0.717) is 6.61 Å². The highest BCUT2D eigenvalue weighted by molar-refractivity contribution is 7.80. The zero-order valence-electron chi connectivity index (χ0n) is 8.73. The Labute approximate surface area is 92.4 Å². The molecule has 0 saturated heterocycles. The van der Waals surface area contributed by atoms with Crippen molar-refractivity contribution in [1.29, 1.82) is 0 Å². The molecule has 0 unspecified atom stereocenters. The van der Waals surface area contributed by atoms with Gasteiger partial charge in [-0.2, -0.15) is 12.6 Å². The maximum Gasteiger partial charge on any atom is 0.0443 e. The Hall–Kier alpha value is 0.01000. The Morgan fingerprint density at radius 2 is 2.14 bits per heavy atom. The summed E-state index contributed by atoms with van der Waals surface area (Å²) < 4.78 is 0. The average molecular weight is 215 g/mol. The van der Waals surface area contributed by atoms with E-state index in [0.717, 1.165) is 31.3 Å². The van der Waals surface area contributed by atoms with E-state index in [2.05, 4.69) is 29.7 Å². The highest BCUT2D eigenvalue weighted by Gasteiger charge is 2.23. The van der Waals surface area contributed by atoms with Crippen LogP contribution in [0, 0.1) is 0 Å². The van der Waals surface area contributed by atoms with Crippen LogP contribution in [0.2, 0.25) is 0 Å². The number of aliphatic hydroxyl groups excluding tert-OH is 1. The van der Waals surface area contributed by atoms with Crippen molar-refractivity contribution >= 4 is 12.6 Å². The van der Waals surface area contributed by atoms with Crippen LogP contribution < -0.4 is 0 Å². The molecule has 0 radical (unpaired) electrons. The van der Waals surface area contributed by atoms with Gasteiger partial charge >= 0.3 is 0 Å². The molecule has 3 heteroatoms. The Kier molecular flexibility index (Phi) is 6.32. The molecule has 0 aromatic carbocycles. The molecule has 0 amide bonds. The minimum Gasteiger partial charge on any atom is -0.396 e. The Bertz CT molecular complexity index is 169. The first-order chi connectivity index (χ1) is 6.88. The van der Waals surface area contributed by atoms with Crippen LogP contribution in [0.25, 0.3) is 0 Å². The second-order valence-electron chi connectivity index (χ2n) is 3.81. The highest BCUT2D eigenvalue weighted by Crippen LogP contribution is 2.24. The first-order valence-electron chi connectivity index (χ1n) is 5.49. The van der Waals surface area contributed by atoms with E-state index in [1.165, 1.54) is 19.3 Å². The quantitative estimate of drug-likeness (QED) is 0.499. The predicted molar refractivity (Wildman–Crippen MR) is 63.9 cm³/mol.